The first kappa shape index (κ1) is 22.6. The molecule has 0 saturated heterocycles. The summed E-state index contributed by atoms with van der Waals surface area (Å²) in [5.74, 6) is 1.72. The lowest BCUT2D eigenvalue weighted by atomic mass is 9.69. The molecule has 2 aromatic rings. The van der Waals surface area contributed by atoms with Crippen molar-refractivity contribution >= 4 is 17.2 Å². The normalized spacial score (nSPS) is 20.8. The Kier molecular flexibility index (Phi) is 5.46. The number of nitrogens with zero attached hydrogens (tertiary/aromatic N) is 2. The van der Waals surface area contributed by atoms with Crippen LogP contribution in [0.3, 0.4) is 0 Å². The van der Waals surface area contributed by atoms with Gasteiger partial charge in [0.2, 0.25) is 0 Å². The largest absolute Gasteiger partial charge is 0.493 e. The minimum absolute atomic E-state index is 0.0461. The van der Waals surface area contributed by atoms with E-state index in [9.17, 15) is 4.79 Å². The number of benzene rings is 2. The third-order valence-electron chi connectivity index (χ3n) is 7.41. The number of Topliss-reactive ketones (excluding diaryl/α,β-unsaturated/α-hetero) is 1. The van der Waals surface area contributed by atoms with Crippen molar-refractivity contribution in [3.05, 3.63) is 70.4 Å². The van der Waals surface area contributed by atoms with Gasteiger partial charge in [0.05, 0.1) is 14.2 Å². The van der Waals surface area contributed by atoms with Crippen LogP contribution in [0.1, 0.15) is 49.3 Å². The van der Waals surface area contributed by atoms with Crippen LogP contribution in [0.4, 0.5) is 5.69 Å². The average Bonchev–Trinajstić information content (AvgIpc) is 2.81. The zero-order valence-electron chi connectivity index (χ0n) is 21.1. The second kappa shape index (κ2) is 8.23. The van der Waals surface area contributed by atoms with Gasteiger partial charge in [-0.2, -0.15) is 0 Å². The zero-order chi connectivity index (χ0) is 24.2. The van der Waals surface area contributed by atoms with E-state index >= 15 is 0 Å². The molecule has 2 heterocycles. The van der Waals surface area contributed by atoms with E-state index in [4.69, 9.17) is 9.47 Å². The van der Waals surface area contributed by atoms with E-state index in [2.05, 4.69) is 66.1 Å². The number of hydrogen-bond donors (Lipinski definition) is 0. The van der Waals surface area contributed by atoms with Gasteiger partial charge in [0.15, 0.2) is 17.3 Å². The molecule has 178 valence electrons. The third kappa shape index (κ3) is 3.67. The molecule has 5 heteroatoms. The number of anilines is 1. The predicted molar refractivity (Wildman–Crippen MR) is 136 cm³/mol. The van der Waals surface area contributed by atoms with Crippen molar-refractivity contribution in [3.8, 4) is 11.5 Å². The number of carbonyl (C=O) groups excluding carboxylic acids is 1. The lowest BCUT2D eigenvalue weighted by molar-refractivity contribution is -0.118. The maximum Gasteiger partial charge on any atom is 0.162 e. The van der Waals surface area contributed by atoms with Crippen LogP contribution in [-0.4, -0.2) is 45.5 Å². The Morgan fingerprint density at radius 1 is 1.00 bits per heavy atom. The summed E-state index contributed by atoms with van der Waals surface area (Å²) in [5, 5.41) is 0. The lowest BCUT2D eigenvalue weighted by Crippen LogP contribution is -2.40. The first-order valence-electron chi connectivity index (χ1n) is 12.0. The van der Waals surface area contributed by atoms with Crippen molar-refractivity contribution in [2.24, 2.45) is 5.41 Å². The molecular weight excluding hydrogens is 424 g/mol. The Morgan fingerprint density at radius 2 is 1.68 bits per heavy atom. The molecule has 5 nitrogen and oxygen atoms in total. The van der Waals surface area contributed by atoms with Crippen molar-refractivity contribution in [3.63, 3.8) is 0 Å². The van der Waals surface area contributed by atoms with Crippen molar-refractivity contribution < 1.29 is 14.3 Å². The first-order chi connectivity index (χ1) is 16.2. The van der Waals surface area contributed by atoms with Crippen LogP contribution in [0.5, 0.6) is 11.5 Å². The number of hydrogen-bond acceptors (Lipinski definition) is 5. The van der Waals surface area contributed by atoms with Crippen LogP contribution in [0.25, 0.3) is 5.70 Å². The Labute approximate surface area is 202 Å². The van der Waals surface area contributed by atoms with Gasteiger partial charge in [-0.1, -0.05) is 26.0 Å². The molecule has 5 rings (SSSR count). The van der Waals surface area contributed by atoms with Crippen molar-refractivity contribution in [2.45, 2.75) is 39.0 Å². The number of allylic oxidation sites excluding steroid dienone is 3. The van der Waals surface area contributed by atoms with Gasteiger partial charge in [0.25, 0.3) is 0 Å². The van der Waals surface area contributed by atoms with Gasteiger partial charge in [0.1, 0.15) is 0 Å². The molecule has 2 aromatic carbocycles. The second-order valence-electron chi connectivity index (χ2n) is 10.6. The number of ether oxygens (including phenoxy) is 2. The molecule has 0 fully saturated rings. The fourth-order valence-electron chi connectivity index (χ4n) is 5.70. The van der Waals surface area contributed by atoms with E-state index in [0.717, 1.165) is 47.7 Å². The number of rotatable bonds is 4. The molecule has 1 atom stereocenters. The summed E-state index contributed by atoms with van der Waals surface area (Å²) >= 11 is 0. The van der Waals surface area contributed by atoms with Crippen LogP contribution in [-0.2, 0) is 11.2 Å². The second-order valence-corrected chi connectivity index (χ2v) is 10.6. The highest BCUT2D eigenvalue weighted by Gasteiger charge is 2.42. The summed E-state index contributed by atoms with van der Waals surface area (Å²) in [4.78, 5) is 18.0. The van der Waals surface area contributed by atoms with Crippen molar-refractivity contribution in [1.29, 1.82) is 0 Å². The minimum Gasteiger partial charge on any atom is -0.493 e. The molecule has 0 saturated carbocycles. The standard InChI is InChI=1S/C29H34N2O3/c1-29(2)16-24-28(25(32)17-29)22(18-7-9-20(10-8-18)30(3)4)14-23-21-15-27(34-6)26(33-5)13-19(21)11-12-31(23)24/h7-10,13-15,22H,11-12,16-17H2,1-6H3. The Hall–Kier alpha value is -3.21. The van der Waals surface area contributed by atoms with E-state index < -0.39 is 0 Å². The fourth-order valence-corrected chi connectivity index (χ4v) is 5.70. The predicted octanol–water partition coefficient (Wildman–Crippen LogP) is 5.41. The van der Waals surface area contributed by atoms with Crippen LogP contribution in [0.15, 0.2) is 53.7 Å². The molecule has 0 amide bonds. The van der Waals surface area contributed by atoms with E-state index in [1.54, 1.807) is 14.2 Å². The molecule has 0 bridgehead atoms. The number of fused-ring (bicyclic) bond motifs is 4. The Bertz CT molecular complexity index is 1200. The summed E-state index contributed by atoms with van der Waals surface area (Å²) in [6.07, 6.45) is 4.70. The van der Waals surface area contributed by atoms with Gasteiger partial charge in [-0.15, -0.1) is 0 Å². The minimum atomic E-state index is -0.0555. The van der Waals surface area contributed by atoms with Crippen molar-refractivity contribution in [1.82, 2.24) is 4.90 Å². The van der Waals surface area contributed by atoms with Gasteiger partial charge in [-0.05, 0) is 59.7 Å². The number of carbonyl (C=O) groups is 1. The van der Waals surface area contributed by atoms with Gasteiger partial charge in [-0.3, -0.25) is 4.79 Å². The monoisotopic (exact) mass is 458 g/mol. The average molecular weight is 459 g/mol. The van der Waals surface area contributed by atoms with E-state index in [0.29, 0.717) is 6.42 Å². The van der Waals surface area contributed by atoms with Gasteiger partial charge in [0, 0.05) is 61.2 Å². The fraction of sp³-hybridized carbons (Fsp3) is 0.414. The molecule has 0 N–H and O–H groups in total. The van der Waals surface area contributed by atoms with Gasteiger partial charge < -0.3 is 19.3 Å². The first-order valence-corrected chi connectivity index (χ1v) is 12.0. The maximum atomic E-state index is 13.5. The van der Waals surface area contributed by atoms with E-state index in [1.165, 1.54) is 22.5 Å². The maximum absolute atomic E-state index is 13.5. The van der Waals surface area contributed by atoms with Crippen LogP contribution in [0, 0.1) is 5.41 Å². The van der Waals surface area contributed by atoms with E-state index in [1.807, 2.05) is 14.1 Å². The SMILES string of the molecule is COc1cc2c(cc1OC)C1=CC(c3ccc(N(C)C)cc3)C3=C(CC(C)(C)CC3=O)N1CC2. The highest BCUT2D eigenvalue weighted by atomic mass is 16.5. The quantitative estimate of drug-likeness (QED) is 0.613. The molecular formula is C29H34N2O3. The van der Waals surface area contributed by atoms with Gasteiger partial charge in [-0.25, -0.2) is 0 Å². The molecule has 34 heavy (non-hydrogen) atoms. The molecule has 3 aliphatic rings. The number of ketones is 1. The molecule has 0 aromatic heterocycles. The smallest absolute Gasteiger partial charge is 0.162 e. The Balaban J connectivity index is 1.69. The molecule has 1 unspecified atom stereocenters. The molecule has 0 spiro atoms. The van der Waals surface area contributed by atoms with Crippen LogP contribution < -0.4 is 14.4 Å². The summed E-state index contributed by atoms with van der Waals surface area (Å²) in [6.45, 7) is 5.28. The van der Waals surface area contributed by atoms with Crippen LogP contribution in [0.2, 0.25) is 0 Å². The highest BCUT2D eigenvalue weighted by Crippen LogP contribution is 2.51. The summed E-state index contributed by atoms with van der Waals surface area (Å²) in [6, 6.07) is 12.8. The van der Waals surface area contributed by atoms with Crippen LogP contribution >= 0.6 is 0 Å². The van der Waals surface area contributed by atoms with Gasteiger partial charge >= 0.3 is 0 Å². The number of methoxy groups -OCH3 is 2. The highest BCUT2D eigenvalue weighted by molar-refractivity contribution is 6.01. The van der Waals surface area contributed by atoms with E-state index in [-0.39, 0.29) is 17.1 Å². The topological polar surface area (TPSA) is 42.0 Å². The Morgan fingerprint density at radius 3 is 2.32 bits per heavy atom. The zero-order valence-corrected chi connectivity index (χ0v) is 21.1. The molecule has 0 radical (unpaired) electrons. The van der Waals surface area contributed by atoms with Crippen molar-refractivity contribution in [2.75, 3.05) is 39.8 Å². The summed E-state index contributed by atoms with van der Waals surface area (Å²) in [5.41, 5.74) is 8.03. The summed E-state index contributed by atoms with van der Waals surface area (Å²) < 4.78 is 11.2. The molecule has 1 aliphatic carbocycles. The lowest BCUT2D eigenvalue weighted by Gasteiger charge is -2.46. The third-order valence-corrected chi connectivity index (χ3v) is 7.41. The summed E-state index contributed by atoms with van der Waals surface area (Å²) in [7, 11) is 7.45. The molecule has 2 aliphatic heterocycles.